The van der Waals surface area contributed by atoms with Crippen LogP contribution in [0.2, 0.25) is 0 Å². The van der Waals surface area contributed by atoms with Crippen molar-refractivity contribution in [2.45, 2.75) is 0 Å². The fourth-order valence-corrected chi connectivity index (χ4v) is 1.77. The molecule has 0 unspecified atom stereocenters. The molecule has 7 heteroatoms. The highest BCUT2D eigenvalue weighted by molar-refractivity contribution is 5.25. The van der Waals surface area contributed by atoms with E-state index in [0.29, 0.717) is 13.1 Å². The third-order valence-corrected chi connectivity index (χ3v) is 2.86. The topological polar surface area (TPSA) is 30.5 Å². The maximum absolute atomic E-state index is 13.3. The van der Waals surface area contributed by atoms with Crippen molar-refractivity contribution >= 4 is 0 Å². The van der Waals surface area contributed by atoms with Crippen molar-refractivity contribution in [2.75, 3.05) is 26.3 Å². The first-order valence-corrected chi connectivity index (χ1v) is 6.92. The van der Waals surface area contributed by atoms with E-state index in [1.807, 2.05) is 0 Å². The van der Waals surface area contributed by atoms with Crippen molar-refractivity contribution in [3.05, 3.63) is 59.7 Å². The van der Waals surface area contributed by atoms with E-state index in [-0.39, 0.29) is 24.7 Å². The van der Waals surface area contributed by atoms with Crippen molar-refractivity contribution in [2.24, 2.45) is 0 Å². The summed E-state index contributed by atoms with van der Waals surface area (Å²) in [7, 11) is 0. The summed E-state index contributed by atoms with van der Waals surface area (Å²) in [5, 5.41) is 2.91. The van der Waals surface area contributed by atoms with Crippen LogP contribution in [0.15, 0.2) is 36.4 Å². The average Bonchev–Trinajstić information content (AvgIpc) is 2.52. The van der Waals surface area contributed by atoms with Crippen LogP contribution in [0.1, 0.15) is 0 Å². The van der Waals surface area contributed by atoms with Crippen LogP contribution >= 0.6 is 0 Å². The van der Waals surface area contributed by atoms with Gasteiger partial charge in [-0.1, -0.05) is 0 Å². The summed E-state index contributed by atoms with van der Waals surface area (Å²) in [6.07, 6.45) is 0. The Bertz CT molecular complexity index is 596. The average molecular weight is 329 g/mol. The minimum Gasteiger partial charge on any atom is -0.489 e. The second-order valence-electron chi connectivity index (χ2n) is 4.60. The Morgan fingerprint density at radius 3 is 1.57 bits per heavy atom. The second kappa shape index (κ2) is 8.38. The predicted molar refractivity (Wildman–Crippen MR) is 76.6 cm³/mol. The molecule has 2 aromatic carbocycles. The lowest BCUT2D eigenvalue weighted by Crippen LogP contribution is -2.26. The minimum atomic E-state index is -0.642. The SMILES string of the molecule is Fc1ccc(F)c(OCCNCCOc2cc(F)ccc2F)c1. The standard InChI is InChI=1S/C16H15F4NO2/c17-11-1-3-13(19)15(9-11)22-7-5-21-6-8-23-16-10-12(18)2-4-14(16)20/h1-4,9-10,21H,5-8H2. The largest absolute Gasteiger partial charge is 0.489 e. The van der Waals surface area contributed by atoms with Gasteiger partial charge in [0, 0.05) is 25.2 Å². The van der Waals surface area contributed by atoms with Gasteiger partial charge >= 0.3 is 0 Å². The molecule has 0 aliphatic heterocycles. The minimum absolute atomic E-state index is 0.120. The van der Waals surface area contributed by atoms with Gasteiger partial charge in [-0.05, 0) is 24.3 Å². The maximum Gasteiger partial charge on any atom is 0.165 e. The molecular formula is C16H15F4NO2. The van der Waals surface area contributed by atoms with Crippen molar-refractivity contribution in [1.82, 2.24) is 5.32 Å². The lowest BCUT2D eigenvalue weighted by molar-refractivity contribution is 0.274. The number of ether oxygens (including phenoxy) is 2. The predicted octanol–water partition coefficient (Wildman–Crippen LogP) is 3.29. The zero-order valence-corrected chi connectivity index (χ0v) is 12.1. The van der Waals surface area contributed by atoms with Crippen LogP contribution in [0.3, 0.4) is 0 Å². The quantitative estimate of drug-likeness (QED) is 0.595. The summed E-state index contributed by atoms with van der Waals surface area (Å²) in [4.78, 5) is 0. The van der Waals surface area contributed by atoms with Gasteiger partial charge in [-0.2, -0.15) is 0 Å². The van der Waals surface area contributed by atoms with Gasteiger partial charge < -0.3 is 14.8 Å². The molecule has 0 aliphatic rings. The molecule has 0 saturated heterocycles. The molecule has 0 saturated carbocycles. The number of rotatable bonds is 8. The molecule has 2 aromatic rings. The summed E-state index contributed by atoms with van der Waals surface area (Å²) in [5.74, 6) is -2.78. The van der Waals surface area contributed by atoms with E-state index in [9.17, 15) is 17.6 Å². The van der Waals surface area contributed by atoms with Crippen molar-refractivity contribution in [3.63, 3.8) is 0 Å². The fraction of sp³-hybridized carbons (Fsp3) is 0.250. The molecule has 2 rings (SSSR count). The number of halogens is 4. The fourth-order valence-electron chi connectivity index (χ4n) is 1.77. The molecule has 0 atom stereocenters. The second-order valence-corrected chi connectivity index (χ2v) is 4.60. The van der Waals surface area contributed by atoms with Gasteiger partial charge in [-0.25, -0.2) is 17.6 Å². The molecule has 3 nitrogen and oxygen atoms in total. The molecule has 0 bridgehead atoms. The van der Waals surface area contributed by atoms with Crippen LogP contribution in [0.4, 0.5) is 17.6 Å². The van der Waals surface area contributed by atoms with E-state index in [2.05, 4.69) is 5.32 Å². The molecule has 0 aliphatic carbocycles. The van der Waals surface area contributed by atoms with Crippen molar-refractivity contribution in [3.8, 4) is 11.5 Å². The van der Waals surface area contributed by atoms with Gasteiger partial charge in [0.1, 0.15) is 24.8 Å². The van der Waals surface area contributed by atoms with E-state index < -0.39 is 23.3 Å². The molecule has 0 radical (unpaired) electrons. The van der Waals surface area contributed by atoms with Crippen LogP contribution < -0.4 is 14.8 Å². The number of hydrogen-bond acceptors (Lipinski definition) is 3. The number of nitrogens with one attached hydrogen (secondary N) is 1. The first kappa shape index (κ1) is 17.1. The highest BCUT2D eigenvalue weighted by atomic mass is 19.1. The Morgan fingerprint density at radius 2 is 1.13 bits per heavy atom. The van der Waals surface area contributed by atoms with Crippen LogP contribution in [0.5, 0.6) is 11.5 Å². The summed E-state index contributed by atoms with van der Waals surface area (Å²) in [6, 6.07) is 5.90. The highest BCUT2D eigenvalue weighted by Crippen LogP contribution is 2.18. The third-order valence-electron chi connectivity index (χ3n) is 2.86. The van der Waals surface area contributed by atoms with E-state index in [0.717, 1.165) is 36.4 Å². The van der Waals surface area contributed by atoms with E-state index >= 15 is 0 Å². The van der Waals surface area contributed by atoms with Crippen LogP contribution in [-0.4, -0.2) is 26.3 Å². The van der Waals surface area contributed by atoms with E-state index in [4.69, 9.17) is 9.47 Å². The number of benzene rings is 2. The summed E-state index contributed by atoms with van der Waals surface area (Å²) in [6.45, 7) is 0.944. The van der Waals surface area contributed by atoms with Crippen LogP contribution in [0, 0.1) is 23.3 Å². The first-order chi connectivity index (χ1) is 11.1. The molecule has 0 fully saturated rings. The molecule has 0 heterocycles. The zero-order valence-electron chi connectivity index (χ0n) is 12.1. The van der Waals surface area contributed by atoms with Gasteiger partial charge in [0.05, 0.1) is 0 Å². The highest BCUT2D eigenvalue weighted by Gasteiger charge is 2.05. The Balaban J connectivity index is 1.63. The Labute approximate surface area is 130 Å². The van der Waals surface area contributed by atoms with Gasteiger partial charge in [-0.3, -0.25) is 0 Å². The Kier molecular flexibility index (Phi) is 6.22. The summed E-state index contributed by atoms with van der Waals surface area (Å²) < 4.78 is 62.5. The first-order valence-electron chi connectivity index (χ1n) is 6.92. The molecule has 0 amide bonds. The summed E-state index contributed by atoms with van der Waals surface area (Å²) >= 11 is 0. The molecule has 0 aromatic heterocycles. The molecule has 23 heavy (non-hydrogen) atoms. The summed E-state index contributed by atoms with van der Waals surface area (Å²) in [5.41, 5.74) is 0. The van der Waals surface area contributed by atoms with Crippen molar-refractivity contribution in [1.29, 1.82) is 0 Å². The lowest BCUT2D eigenvalue weighted by Gasteiger charge is -2.10. The Morgan fingerprint density at radius 1 is 0.696 bits per heavy atom. The van der Waals surface area contributed by atoms with E-state index in [1.54, 1.807) is 0 Å². The third kappa shape index (κ3) is 5.45. The normalized spacial score (nSPS) is 10.6. The molecular weight excluding hydrogens is 314 g/mol. The van der Waals surface area contributed by atoms with Gasteiger partial charge in [0.25, 0.3) is 0 Å². The smallest absolute Gasteiger partial charge is 0.165 e. The molecule has 1 N–H and O–H groups in total. The van der Waals surface area contributed by atoms with Gasteiger partial charge in [0.15, 0.2) is 23.1 Å². The van der Waals surface area contributed by atoms with Gasteiger partial charge in [0.2, 0.25) is 0 Å². The Hall–Kier alpha value is -2.28. The van der Waals surface area contributed by atoms with E-state index in [1.165, 1.54) is 0 Å². The number of hydrogen-bond donors (Lipinski definition) is 1. The maximum atomic E-state index is 13.3. The lowest BCUT2D eigenvalue weighted by atomic mass is 10.3. The van der Waals surface area contributed by atoms with Crippen molar-refractivity contribution < 1.29 is 27.0 Å². The van der Waals surface area contributed by atoms with Gasteiger partial charge in [-0.15, -0.1) is 0 Å². The molecule has 124 valence electrons. The molecule has 0 spiro atoms. The monoisotopic (exact) mass is 329 g/mol. The van der Waals surface area contributed by atoms with Crippen LogP contribution in [-0.2, 0) is 0 Å². The van der Waals surface area contributed by atoms with Crippen LogP contribution in [0.25, 0.3) is 0 Å². The zero-order chi connectivity index (χ0) is 16.7.